The van der Waals surface area contributed by atoms with Crippen LogP contribution in [0.3, 0.4) is 0 Å². The summed E-state index contributed by atoms with van der Waals surface area (Å²) < 4.78 is 6.34. The first kappa shape index (κ1) is 23.2. The number of piperidine rings is 1. The van der Waals surface area contributed by atoms with Gasteiger partial charge in [0.2, 0.25) is 5.91 Å². The van der Waals surface area contributed by atoms with E-state index in [9.17, 15) is 14.4 Å². The minimum atomic E-state index is -0.527. The number of nitrogens with one attached hydrogen (secondary N) is 1. The predicted octanol–water partition coefficient (Wildman–Crippen LogP) is 2.53. The summed E-state index contributed by atoms with van der Waals surface area (Å²) in [5.74, 6) is -0.331. The Morgan fingerprint density at radius 1 is 1.21 bits per heavy atom. The molecule has 2 aromatic heterocycles. The molecule has 1 aliphatic heterocycles. The number of H-pyrrole nitrogens is 1. The number of aromatic nitrogens is 5. The van der Waals surface area contributed by atoms with E-state index < -0.39 is 5.97 Å². The van der Waals surface area contributed by atoms with Crippen molar-refractivity contribution in [2.45, 2.75) is 38.6 Å². The van der Waals surface area contributed by atoms with Crippen LogP contribution in [0.2, 0.25) is 10.0 Å². The number of rotatable bonds is 6. The number of carbonyl (C=O) groups excluding carboxylic acids is 2. The normalized spacial score (nSPS) is 14.6. The Morgan fingerprint density at radius 3 is 2.58 bits per heavy atom. The third kappa shape index (κ3) is 5.01. The molecule has 33 heavy (non-hydrogen) atoms. The van der Waals surface area contributed by atoms with Gasteiger partial charge in [-0.1, -0.05) is 34.5 Å². The molecule has 0 unspecified atom stereocenters. The van der Waals surface area contributed by atoms with Crippen LogP contribution in [0.25, 0.3) is 11.2 Å². The number of hydrogen-bond donors (Lipinski definition) is 1. The van der Waals surface area contributed by atoms with Gasteiger partial charge in [0, 0.05) is 34.6 Å². The van der Waals surface area contributed by atoms with Gasteiger partial charge in [-0.2, -0.15) is 0 Å². The van der Waals surface area contributed by atoms with Crippen LogP contribution >= 0.6 is 23.2 Å². The monoisotopic (exact) mass is 492 g/mol. The maximum absolute atomic E-state index is 12.6. The van der Waals surface area contributed by atoms with E-state index in [0.717, 1.165) is 0 Å². The molecule has 0 bridgehead atoms. The lowest BCUT2D eigenvalue weighted by Crippen LogP contribution is -2.39. The second-order valence-corrected chi connectivity index (χ2v) is 8.52. The molecule has 10 nitrogen and oxygen atoms in total. The Hall–Kier alpha value is -2.98. The number of benzene rings is 1. The van der Waals surface area contributed by atoms with Crippen molar-refractivity contribution in [2.24, 2.45) is 0 Å². The number of hydrogen-bond acceptors (Lipinski definition) is 7. The van der Waals surface area contributed by atoms with Crippen LogP contribution in [-0.2, 0) is 20.9 Å². The molecule has 174 valence electrons. The van der Waals surface area contributed by atoms with Crippen molar-refractivity contribution in [1.29, 1.82) is 0 Å². The van der Waals surface area contributed by atoms with E-state index in [4.69, 9.17) is 27.9 Å². The van der Waals surface area contributed by atoms with Crippen LogP contribution in [-0.4, -0.2) is 61.4 Å². The fourth-order valence-corrected chi connectivity index (χ4v) is 4.38. The van der Waals surface area contributed by atoms with E-state index in [1.807, 2.05) is 0 Å². The van der Waals surface area contributed by atoms with Crippen molar-refractivity contribution in [3.05, 3.63) is 50.0 Å². The van der Waals surface area contributed by atoms with Gasteiger partial charge in [0.15, 0.2) is 11.2 Å². The first-order chi connectivity index (χ1) is 15.9. The molecule has 1 fully saturated rings. The number of aromatic amines is 1. The van der Waals surface area contributed by atoms with Crippen molar-refractivity contribution >= 4 is 46.2 Å². The number of nitrogens with zero attached hydrogens (tertiary/aromatic N) is 5. The van der Waals surface area contributed by atoms with Crippen LogP contribution in [0.1, 0.15) is 43.5 Å². The lowest BCUT2D eigenvalue weighted by molar-refractivity contribution is -0.149. The van der Waals surface area contributed by atoms with Gasteiger partial charge in [-0.15, -0.1) is 5.10 Å². The quantitative estimate of drug-likeness (QED) is 0.414. The first-order valence-electron chi connectivity index (χ1n) is 10.6. The van der Waals surface area contributed by atoms with Crippen LogP contribution in [0.4, 0.5) is 0 Å². The van der Waals surface area contributed by atoms with E-state index in [0.29, 0.717) is 53.0 Å². The topological polar surface area (TPSA) is 123 Å². The fraction of sp³-hybridized carbons (Fsp3) is 0.429. The number of carbonyl (C=O) groups is 2. The molecule has 4 rings (SSSR count). The SMILES string of the molecule is CCOC(=O)CC(=O)N1CCC(c2nc3c(nnn3Cc3c(Cl)cccc3Cl)c(=O)[nH]2)CC1. The summed E-state index contributed by atoms with van der Waals surface area (Å²) in [5.41, 5.74) is 0.742. The molecule has 0 spiro atoms. The van der Waals surface area contributed by atoms with Gasteiger partial charge >= 0.3 is 5.97 Å². The minimum Gasteiger partial charge on any atom is -0.466 e. The highest BCUT2D eigenvalue weighted by atomic mass is 35.5. The largest absolute Gasteiger partial charge is 0.466 e. The van der Waals surface area contributed by atoms with Gasteiger partial charge in [-0.05, 0) is 31.9 Å². The zero-order chi connectivity index (χ0) is 23.5. The van der Waals surface area contributed by atoms with E-state index in [2.05, 4.69) is 20.3 Å². The highest BCUT2D eigenvalue weighted by Gasteiger charge is 2.27. The number of fused-ring (bicyclic) bond motifs is 1. The number of likely N-dealkylation sites (tertiary alicyclic amines) is 1. The molecule has 1 aliphatic rings. The molecule has 1 N–H and O–H groups in total. The van der Waals surface area contributed by atoms with Gasteiger partial charge in [0.25, 0.3) is 5.56 Å². The third-order valence-electron chi connectivity index (χ3n) is 5.60. The Balaban J connectivity index is 1.51. The van der Waals surface area contributed by atoms with Crippen molar-refractivity contribution in [3.8, 4) is 0 Å². The Labute approximate surface area is 198 Å². The molecule has 1 saturated heterocycles. The maximum atomic E-state index is 12.6. The maximum Gasteiger partial charge on any atom is 0.315 e. The Kier molecular flexibility index (Phi) is 6.94. The Morgan fingerprint density at radius 2 is 1.91 bits per heavy atom. The molecule has 3 heterocycles. The second kappa shape index (κ2) is 9.88. The molecule has 0 saturated carbocycles. The van der Waals surface area contributed by atoms with Crippen LogP contribution in [0.5, 0.6) is 0 Å². The molecule has 1 amide bonds. The smallest absolute Gasteiger partial charge is 0.315 e. The van der Waals surface area contributed by atoms with Crippen LogP contribution < -0.4 is 5.56 Å². The van der Waals surface area contributed by atoms with Crippen LogP contribution in [0, 0.1) is 0 Å². The molecular formula is C21H22Cl2N6O4. The summed E-state index contributed by atoms with van der Waals surface area (Å²) in [5, 5.41) is 8.99. The average molecular weight is 493 g/mol. The van der Waals surface area contributed by atoms with E-state index in [1.54, 1.807) is 30.0 Å². The minimum absolute atomic E-state index is 0.0546. The molecule has 0 radical (unpaired) electrons. The Bertz CT molecular complexity index is 1230. The molecule has 0 aliphatic carbocycles. The highest BCUT2D eigenvalue weighted by molar-refractivity contribution is 6.36. The van der Waals surface area contributed by atoms with Gasteiger partial charge < -0.3 is 14.6 Å². The van der Waals surface area contributed by atoms with Crippen molar-refractivity contribution in [2.75, 3.05) is 19.7 Å². The number of esters is 1. The molecular weight excluding hydrogens is 471 g/mol. The fourth-order valence-electron chi connectivity index (χ4n) is 3.87. The standard InChI is InChI=1S/C21H22Cl2N6O4/c1-2-33-17(31)10-16(30)28-8-6-12(7-9-28)19-24-20-18(21(32)25-19)26-27-29(20)11-13-14(22)4-3-5-15(13)23/h3-5,12H,2,6-11H2,1H3,(H,24,25,32). The second-order valence-electron chi connectivity index (χ2n) is 7.71. The summed E-state index contributed by atoms with van der Waals surface area (Å²) in [6, 6.07) is 5.20. The van der Waals surface area contributed by atoms with Gasteiger partial charge in [0.05, 0.1) is 13.2 Å². The van der Waals surface area contributed by atoms with E-state index in [-0.39, 0.29) is 42.5 Å². The van der Waals surface area contributed by atoms with Crippen molar-refractivity contribution < 1.29 is 14.3 Å². The van der Waals surface area contributed by atoms with E-state index in [1.165, 1.54) is 4.68 Å². The predicted molar refractivity (Wildman–Crippen MR) is 121 cm³/mol. The molecule has 3 aromatic rings. The molecule has 0 atom stereocenters. The zero-order valence-corrected chi connectivity index (χ0v) is 19.4. The summed E-state index contributed by atoms with van der Waals surface area (Å²) in [4.78, 5) is 45.6. The van der Waals surface area contributed by atoms with E-state index >= 15 is 0 Å². The lowest BCUT2D eigenvalue weighted by atomic mass is 9.95. The highest BCUT2D eigenvalue weighted by Crippen LogP contribution is 2.27. The number of amides is 1. The van der Waals surface area contributed by atoms with Gasteiger partial charge in [0.1, 0.15) is 12.2 Å². The summed E-state index contributed by atoms with van der Waals surface area (Å²) in [6.07, 6.45) is 0.927. The summed E-state index contributed by atoms with van der Waals surface area (Å²) >= 11 is 12.5. The number of halogens is 2. The molecule has 12 heteroatoms. The summed E-state index contributed by atoms with van der Waals surface area (Å²) in [6.45, 7) is 3.06. The number of ether oxygens (including phenoxy) is 1. The van der Waals surface area contributed by atoms with Gasteiger partial charge in [-0.3, -0.25) is 14.4 Å². The van der Waals surface area contributed by atoms with Crippen LogP contribution in [0.15, 0.2) is 23.0 Å². The van der Waals surface area contributed by atoms with Gasteiger partial charge in [-0.25, -0.2) is 9.67 Å². The first-order valence-corrected chi connectivity index (χ1v) is 11.3. The third-order valence-corrected chi connectivity index (χ3v) is 6.31. The van der Waals surface area contributed by atoms with Crippen molar-refractivity contribution in [3.63, 3.8) is 0 Å². The zero-order valence-electron chi connectivity index (χ0n) is 17.9. The summed E-state index contributed by atoms with van der Waals surface area (Å²) in [7, 11) is 0. The van der Waals surface area contributed by atoms with Crippen molar-refractivity contribution in [1.82, 2.24) is 29.9 Å². The lowest BCUT2D eigenvalue weighted by Gasteiger charge is -2.31. The average Bonchev–Trinajstić information content (AvgIpc) is 3.20. The molecule has 1 aromatic carbocycles.